The first-order valence-electron chi connectivity index (χ1n) is 10.3. The first-order valence-corrected chi connectivity index (χ1v) is 10.3. The van der Waals surface area contributed by atoms with Gasteiger partial charge in [0.1, 0.15) is 0 Å². The quantitative estimate of drug-likeness (QED) is 0.696. The average Bonchev–Trinajstić information content (AvgIpc) is 2.89. The van der Waals surface area contributed by atoms with E-state index in [1.807, 2.05) is 30.3 Å². The Balaban J connectivity index is 1.34. The van der Waals surface area contributed by atoms with E-state index in [0.717, 1.165) is 31.7 Å². The Morgan fingerprint density at radius 2 is 1.86 bits per heavy atom. The number of carbonyl (C=O) groups excluding carboxylic acids is 1. The van der Waals surface area contributed by atoms with Crippen LogP contribution in [0.2, 0.25) is 0 Å². The third-order valence-corrected chi connectivity index (χ3v) is 6.47. The molecular weight excluding hydrogens is 346 g/mol. The molecule has 3 aliphatic rings. The molecule has 4 heteroatoms. The van der Waals surface area contributed by atoms with Crippen molar-refractivity contribution in [3.8, 4) is 0 Å². The molecule has 2 atom stereocenters. The molecule has 0 saturated carbocycles. The fraction of sp³-hybridized carbons (Fsp3) is 0.375. The predicted molar refractivity (Wildman–Crippen MR) is 112 cm³/mol. The Morgan fingerprint density at radius 1 is 1.00 bits per heavy atom. The summed E-state index contributed by atoms with van der Waals surface area (Å²) in [6.45, 7) is 3.80. The second-order valence-corrected chi connectivity index (χ2v) is 8.42. The van der Waals surface area contributed by atoms with Crippen LogP contribution in [0.25, 0.3) is 10.9 Å². The fourth-order valence-corrected chi connectivity index (χ4v) is 4.97. The lowest BCUT2D eigenvalue weighted by Crippen LogP contribution is -2.43. The molecule has 3 saturated heterocycles. The maximum atomic E-state index is 13.0. The van der Waals surface area contributed by atoms with Crippen molar-refractivity contribution in [3.63, 3.8) is 0 Å². The van der Waals surface area contributed by atoms with Gasteiger partial charge in [-0.15, -0.1) is 0 Å². The molecule has 0 N–H and O–H groups in total. The highest BCUT2D eigenvalue weighted by atomic mass is 16.2. The van der Waals surface area contributed by atoms with Crippen LogP contribution in [0.3, 0.4) is 0 Å². The number of piperidine rings is 1. The molecular formula is C24H27N3O. The van der Waals surface area contributed by atoms with Crippen LogP contribution in [0.1, 0.15) is 28.8 Å². The minimum absolute atomic E-state index is 0.185. The molecule has 28 heavy (non-hydrogen) atoms. The number of hydrogen-bond donors (Lipinski definition) is 0. The Hall–Kier alpha value is -2.59. The van der Waals surface area contributed by atoms with E-state index in [1.165, 1.54) is 29.3 Å². The number of carbonyl (C=O) groups is 1. The normalized spacial score (nSPS) is 22.5. The number of aromatic nitrogens is 1. The van der Waals surface area contributed by atoms with E-state index >= 15 is 0 Å². The van der Waals surface area contributed by atoms with Crippen molar-refractivity contribution < 1.29 is 4.79 Å². The fourth-order valence-electron chi connectivity index (χ4n) is 4.97. The summed E-state index contributed by atoms with van der Waals surface area (Å²) in [4.78, 5) is 17.7. The van der Waals surface area contributed by atoms with Crippen LogP contribution in [0.4, 0.5) is 0 Å². The highest BCUT2D eigenvalue weighted by Crippen LogP contribution is 2.30. The largest absolute Gasteiger partial charge is 0.351 e. The van der Waals surface area contributed by atoms with Crippen LogP contribution in [0.15, 0.2) is 60.8 Å². The molecule has 3 aliphatic heterocycles. The van der Waals surface area contributed by atoms with Crippen LogP contribution in [0, 0.1) is 5.92 Å². The van der Waals surface area contributed by atoms with Crippen LogP contribution < -0.4 is 0 Å². The lowest BCUT2D eigenvalue weighted by atomic mass is 9.94. The lowest BCUT2D eigenvalue weighted by Gasteiger charge is -2.36. The summed E-state index contributed by atoms with van der Waals surface area (Å²) < 4.78 is 2.17. The van der Waals surface area contributed by atoms with Gasteiger partial charge in [0.15, 0.2) is 0 Å². The van der Waals surface area contributed by atoms with Gasteiger partial charge >= 0.3 is 0 Å². The minimum Gasteiger partial charge on any atom is -0.351 e. The lowest BCUT2D eigenvalue weighted by molar-refractivity contribution is 0.0736. The number of amides is 1. The number of hydrogen-bond acceptors (Lipinski definition) is 2. The van der Waals surface area contributed by atoms with Crippen molar-refractivity contribution in [1.82, 2.24) is 14.4 Å². The van der Waals surface area contributed by atoms with Gasteiger partial charge in [-0.2, -0.15) is 0 Å². The summed E-state index contributed by atoms with van der Waals surface area (Å²) in [5.74, 6) is 0.761. The molecule has 4 nitrogen and oxygen atoms in total. The summed E-state index contributed by atoms with van der Waals surface area (Å²) in [5, 5.41) is 1.31. The Labute approximate surface area is 166 Å². The number of aryl methyl sites for hydroxylation is 1. The van der Waals surface area contributed by atoms with Gasteiger partial charge in [0.25, 0.3) is 5.91 Å². The van der Waals surface area contributed by atoms with Crippen molar-refractivity contribution in [1.29, 1.82) is 0 Å². The van der Waals surface area contributed by atoms with E-state index in [1.54, 1.807) is 0 Å². The number of benzene rings is 2. The SMILES string of the molecule is Cn1ccc2cc(CN3C[C@H]4CC[C@@H]3CN(C(=O)c3ccccc3)C4)ccc21. The number of rotatable bonds is 3. The molecule has 0 spiro atoms. The maximum Gasteiger partial charge on any atom is 0.253 e. The Bertz CT molecular complexity index is 994. The van der Waals surface area contributed by atoms with Gasteiger partial charge < -0.3 is 9.47 Å². The van der Waals surface area contributed by atoms with E-state index in [9.17, 15) is 4.79 Å². The molecule has 1 amide bonds. The van der Waals surface area contributed by atoms with Crippen LogP contribution in [-0.4, -0.2) is 46.0 Å². The first-order chi connectivity index (χ1) is 13.7. The third-order valence-electron chi connectivity index (χ3n) is 6.47. The molecule has 0 radical (unpaired) electrons. The van der Waals surface area contributed by atoms with Gasteiger partial charge in [-0.25, -0.2) is 0 Å². The monoisotopic (exact) mass is 373 g/mol. The summed E-state index contributed by atoms with van der Waals surface area (Å²) >= 11 is 0. The zero-order chi connectivity index (χ0) is 19.1. The van der Waals surface area contributed by atoms with Gasteiger partial charge in [-0.1, -0.05) is 24.3 Å². The van der Waals surface area contributed by atoms with Gasteiger partial charge in [0, 0.05) is 56.5 Å². The standard InChI is InChI=1S/C24H27N3O/c1-25-12-11-21-13-18(8-10-23(21)25)14-26-15-19-7-9-22(26)17-27(16-19)24(28)20-5-3-2-4-6-20/h2-6,8,10-13,19,22H,7,9,14-17H2,1H3/t19-,22-/m1/s1. The van der Waals surface area contributed by atoms with Gasteiger partial charge in [-0.05, 0) is 60.0 Å². The van der Waals surface area contributed by atoms with E-state index in [0.29, 0.717) is 12.0 Å². The zero-order valence-corrected chi connectivity index (χ0v) is 16.4. The van der Waals surface area contributed by atoms with Gasteiger partial charge in [0.05, 0.1) is 0 Å². The molecule has 4 heterocycles. The summed E-state index contributed by atoms with van der Waals surface area (Å²) in [7, 11) is 2.09. The topological polar surface area (TPSA) is 28.5 Å². The molecule has 144 valence electrons. The van der Waals surface area contributed by atoms with Crippen LogP contribution in [-0.2, 0) is 13.6 Å². The van der Waals surface area contributed by atoms with Gasteiger partial charge in [-0.3, -0.25) is 9.69 Å². The van der Waals surface area contributed by atoms with E-state index in [4.69, 9.17) is 0 Å². The molecule has 3 aromatic rings. The van der Waals surface area contributed by atoms with Crippen molar-refractivity contribution >= 4 is 16.8 Å². The van der Waals surface area contributed by atoms with Crippen LogP contribution in [0.5, 0.6) is 0 Å². The minimum atomic E-state index is 0.185. The molecule has 2 aromatic carbocycles. The summed E-state index contributed by atoms with van der Waals surface area (Å²) in [6.07, 6.45) is 4.55. The Morgan fingerprint density at radius 3 is 2.71 bits per heavy atom. The summed E-state index contributed by atoms with van der Waals surface area (Å²) in [5.41, 5.74) is 3.46. The van der Waals surface area contributed by atoms with E-state index in [-0.39, 0.29) is 5.91 Å². The zero-order valence-electron chi connectivity index (χ0n) is 16.4. The molecule has 0 unspecified atom stereocenters. The molecule has 6 rings (SSSR count). The summed E-state index contributed by atoms with van der Waals surface area (Å²) in [6, 6.07) is 19.2. The number of fused-ring (bicyclic) bond motifs is 5. The van der Waals surface area contributed by atoms with Crippen LogP contribution >= 0.6 is 0 Å². The highest BCUT2D eigenvalue weighted by molar-refractivity contribution is 5.94. The molecule has 0 aliphatic carbocycles. The molecule has 1 aromatic heterocycles. The maximum absolute atomic E-state index is 13.0. The molecule has 3 fully saturated rings. The van der Waals surface area contributed by atoms with Crippen molar-refractivity contribution in [2.45, 2.75) is 25.4 Å². The second-order valence-electron chi connectivity index (χ2n) is 8.42. The molecule has 2 bridgehead atoms. The number of nitrogens with zero attached hydrogens (tertiary/aromatic N) is 3. The second kappa shape index (κ2) is 7.10. The smallest absolute Gasteiger partial charge is 0.253 e. The first kappa shape index (κ1) is 17.5. The van der Waals surface area contributed by atoms with Crippen molar-refractivity contribution in [2.24, 2.45) is 13.0 Å². The van der Waals surface area contributed by atoms with E-state index in [2.05, 4.69) is 51.9 Å². The van der Waals surface area contributed by atoms with E-state index < -0.39 is 0 Å². The van der Waals surface area contributed by atoms with Crippen molar-refractivity contribution in [3.05, 3.63) is 71.9 Å². The highest BCUT2D eigenvalue weighted by Gasteiger charge is 2.36. The third kappa shape index (κ3) is 3.22. The Kier molecular flexibility index (Phi) is 4.44. The predicted octanol–water partition coefficient (Wildman–Crippen LogP) is 3.91. The van der Waals surface area contributed by atoms with Gasteiger partial charge in [0.2, 0.25) is 0 Å². The average molecular weight is 374 g/mol. The van der Waals surface area contributed by atoms with Crippen molar-refractivity contribution in [2.75, 3.05) is 19.6 Å².